The van der Waals surface area contributed by atoms with Crippen LogP contribution in [0.25, 0.3) is 0 Å². The van der Waals surface area contributed by atoms with Crippen molar-refractivity contribution in [3.8, 4) is 0 Å². The van der Waals surface area contributed by atoms with Gasteiger partial charge in [-0.05, 0) is 19.1 Å². The number of nitrogens with zero attached hydrogens (tertiary/aromatic N) is 3. The Kier molecular flexibility index (Phi) is 3.72. The van der Waals surface area contributed by atoms with Gasteiger partial charge in [0, 0.05) is 25.5 Å². The first-order chi connectivity index (χ1) is 8.35. The van der Waals surface area contributed by atoms with Crippen molar-refractivity contribution in [3.05, 3.63) is 42.2 Å². The summed E-state index contributed by atoms with van der Waals surface area (Å²) >= 11 is 0. The summed E-state index contributed by atoms with van der Waals surface area (Å²) in [5.74, 6) is 1.73. The van der Waals surface area contributed by atoms with Gasteiger partial charge in [-0.15, -0.1) is 0 Å². The van der Waals surface area contributed by atoms with Gasteiger partial charge in [0.15, 0.2) is 5.82 Å². The minimum Gasteiger partial charge on any atom is -0.467 e. The van der Waals surface area contributed by atoms with E-state index in [-0.39, 0.29) is 0 Å². The van der Waals surface area contributed by atoms with Gasteiger partial charge in [0.1, 0.15) is 5.76 Å². The van der Waals surface area contributed by atoms with Gasteiger partial charge in [-0.2, -0.15) is 0 Å². The second kappa shape index (κ2) is 5.45. The predicted molar refractivity (Wildman–Crippen MR) is 65.4 cm³/mol. The quantitative estimate of drug-likeness (QED) is 0.847. The maximum atomic E-state index is 5.66. The molecule has 0 bridgehead atoms. The lowest BCUT2D eigenvalue weighted by Gasteiger charge is -2.22. The molecule has 0 atom stereocenters. The second-order valence-electron chi connectivity index (χ2n) is 3.62. The zero-order chi connectivity index (χ0) is 12.1. The molecule has 2 heterocycles. The molecular weight excluding hydrogens is 216 g/mol. The molecule has 0 aromatic carbocycles. The van der Waals surface area contributed by atoms with Gasteiger partial charge in [-0.1, -0.05) is 0 Å². The molecule has 0 aliphatic carbocycles. The van der Waals surface area contributed by atoms with E-state index in [9.17, 15) is 0 Å². The zero-order valence-electron chi connectivity index (χ0n) is 9.84. The van der Waals surface area contributed by atoms with Crippen molar-refractivity contribution < 1.29 is 4.42 Å². The van der Waals surface area contributed by atoms with E-state index in [0.717, 1.165) is 23.8 Å². The van der Waals surface area contributed by atoms with Crippen LogP contribution >= 0.6 is 0 Å². The molecule has 0 aliphatic rings. The molecule has 0 aliphatic heterocycles. The summed E-state index contributed by atoms with van der Waals surface area (Å²) in [6, 6.07) is 3.82. The molecule has 2 N–H and O–H groups in total. The van der Waals surface area contributed by atoms with E-state index in [2.05, 4.69) is 21.8 Å². The number of nitrogens with two attached hydrogens (primary N) is 1. The molecule has 17 heavy (non-hydrogen) atoms. The molecule has 2 aromatic rings. The number of rotatable bonds is 5. The summed E-state index contributed by atoms with van der Waals surface area (Å²) in [5, 5.41) is 0. The third kappa shape index (κ3) is 2.62. The van der Waals surface area contributed by atoms with Crippen molar-refractivity contribution in [2.24, 2.45) is 5.73 Å². The number of anilines is 1. The normalized spacial score (nSPS) is 10.5. The van der Waals surface area contributed by atoms with Crippen LogP contribution in [0.5, 0.6) is 0 Å². The van der Waals surface area contributed by atoms with Crippen LogP contribution in [-0.4, -0.2) is 16.5 Å². The molecule has 90 valence electrons. The van der Waals surface area contributed by atoms with Gasteiger partial charge >= 0.3 is 0 Å². The molecule has 0 spiro atoms. The lowest BCUT2D eigenvalue weighted by atomic mass is 10.3. The Hall–Kier alpha value is -1.88. The van der Waals surface area contributed by atoms with Crippen LogP contribution < -0.4 is 10.6 Å². The first-order valence-corrected chi connectivity index (χ1v) is 5.62. The third-order valence-electron chi connectivity index (χ3n) is 2.55. The first kappa shape index (κ1) is 11.6. The largest absolute Gasteiger partial charge is 0.467 e. The monoisotopic (exact) mass is 232 g/mol. The van der Waals surface area contributed by atoms with Crippen LogP contribution in [0.15, 0.2) is 35.2 Å². The van der Waals surface area contributed by atoms with Gasteiger partial charge in [-0.25, -0.2) is 4.98 Å². The van der Waals surface area contributed by atoms with Crippen molar-refractivity contribution in [3.63, 3.8) is 0 Å². The molecular formula is C12H16N4O. The molecule has 2 aromatic heterocycles. The second-order valence-corrected chi connectivity index (χ2v) is 3.62. The summed E-state index contributed by atoms with van der Waals surface area (Å²) < 4.78 is 5.34. The van der Waals surface area contributed by atoms with E-state index in [1.54, 1.807) is 18.7 Å². The van der Waals surface area contributed by atoms with Gasteiger partial charge < -0.3 is 15.1 Å². The third-order valence-corrected chi connectivity index (χ3v) is 2.55. The summed E-state index contributed by atoms with van der Waals surface area (Å²) in [4.78, 5) is 10.7. The van der Waals surface area contributed by atoms with E-state index in [0.29, 0.717) is 13.1 Å². The fraction of sp³-hybridized carbons (Fsp3) is 0.333. The summed E-state index contributed by atoms with van der Waals surface area (Å²) in [6.45, 7) is 3.96. The summed E-state index contributed by atoms with van der Waals surface area (Å²) in [5.41, 5.74) is 6.47. The Morgan fingerprint density at radius 1 is 1.35 bits per heavy atom. The van der Waals surface area contributed by atoms with Crippen LogP contribution in [0.3, 0.4) is 0 Å². The van der Waals surface area contributed by atoms with Crippen molar-refractivity contribution in [1.29, 1.82) is 0 Å². The van der Waals surface area contributed by atoms with E-state index in [4.69, 9.17) is 10.2 Å². The molecule has 2 rings (SSSR count). The number of aromatic nitrogens is 2. The van der Waals surface area contributed by atoms with Crippen LogP contribution in [0.2, 0.25) is 0 Å². The summed E-state index contributed by atoms with van der Waals surface area (Å²) in [7, 11) is 0. The van der Waals surface area contributed by atoms with Gasteiger partial charge in [0.25, 0.3) is 0 Å². The Labute approximate surface area is 100 Å². The highest BCUT2D eigenvalue weighted by atomic mass is 16.3. The fourth-order valence-corrected chi connectivity index (χ4v) is 1.69. The van der Waals surface area contributed by atoms with E-state index < -0.39 is 0 Å². The van der Waals surface area contributed by atoms with E-state index >= 15 is 0 Å². The number of hydrogen-bond acceptors (Lipinski definition) is 5. The van der Waals surface area contributed by atoms with Crippen LogP contribution in [0.1, 0.15) is 18.4 Å². The van der Waals surface area contributed by atoms with Crippen molar-refractivity contribution in [2.75, 3.05) is 11.4 Å². The molecule has 0 saturated carbocycles. The summed E-state index contributed by atoms with van der Waals surface area (Å²) in [6.07, 6.45) is 5.01. The van der Waals surface area contributed by atoms with Gasteiger partial charge in [0.05, 0.1) is 18.5 Å². The maximum Gasteiger partial charge on any atom is 0.152 e. The Morgan fingerprint density at radius 2 is 2.18 bits per heavy atom. The molecule has 5 heteroatoms. The van der Waals surface area contributed by atoms with Crippen LogP contribution in [0, 0.1) is 0 Å². The van der Waals surface area contributed by atoms with Crippen molar-refractivity contribution >= 4 is 5.82 Å². The first-order valence-electron chi connectivity index (χ1n) is 5.62. The Bertz CT molecular complexity index is 455. The Balaban J connectivity index is 2.22. The number of furan rings is 1. The molecule has 0 unspecified atom stereocenters. The molecule has 0 saturated heterocycles. The van der Waals surface area contributed by atoms with Crippen molar-refractivity contribution in [1.82, 2.24) is 9.97 Å². The lowest BCUT2D eigenvalue weighted by Crippen LogP contribution is -2.25. The standard InChI is InChI=1S/C12H16N4O/c1-2-16(9-10-4-3-7-17-10)12-11(8-13)14-5-6-15-12/h3-7H,2,8-9,13H2,1H3. The molecule has 0 fully saturated rings. The SMILES string of the molecule is CCN(Cc1ccco1)c1nccnc1CN. The minimum absolute atomic E-state index is 0.387. The maximum absolute atomic E-state index is 5.66. The zero-order valence-corrected chi connectivity index (χ0v) is 9.84. The smallest absolute Gasteiger partial charge is 0.152 e. The molecule has 0 radical (unpaired) electrons. The van der Waals surface area contributed by atoms with Gasteiger partial charge in [0.2, 0.25) is 0 Å². The van der Waals surface area contributed by atoms with E-state index in [1.807, 2.05) is 12.1 Å². The minimum atomic E-state index is 0.387. The van der Waals surface area contributed by atoms with Gasteiger partial charge in [-0.3, -0.25) is 4.98 Å². The fourth-order valence-electron chi connectivity index (χ4n) is 1.69. The number of hydrogen-bond donors (Lipinski definition) is 1. The average molecular weight is 232 g/mol. The highest BCUT2D eigenvalue weighted by Gasteiger charge is 2.12. The highest BCUT2D eigenvalue weighted by Crippen LogP contribution is 2.17. The average Bonchev–Trinajstić information content (AvgIpc) is 2.89. The van der Waals surface area contributed by atoms with Crippen LogP contribution in [-0.2, 0) is 13.1 Å². The highest BCUT2D eigenvalue weighted by molar-refractivity contribution is 5.43. The lowest BCUT2D eigenvalue weighted by molar-refractivity contribution is 0.502. The van der Waals surface area contributed by atoms with Crippen molar-refractivity contribution in [2.45, 2.75) is 20.0 Å². The topological polar surface area (TPSA) is 68.2 Å². The molecule has 0 amide bonds. The Morgan fingerprint density at radius 3 is 2.82 bits per heavy atom. The predicted octanol–water partition coefficient (Wildman–Crippen LogP) is 1.55. The van der Waals surface area contributed by atoms with Crippen LogP contribution in [0.4, 0.5) is 5.82 Å². The molecule has 5 nitrogen and oxygen atoms in total. The van der Waals surface area contributed by atoms with E-state index in [1.165, 1.54) is 0 Å².